The highest BCUT2D eigenvalue weighted by Crippen LogP contribution is 2.46. The molecule has 2 aliphatic carbocycles. The molecule has 4 aromatic rings. The Hall–Kier alpha value is -4.30. The van der Waals surface area contributed by atoms with Crippen molar-refractivity contribution in [3.05, 3.63) is 89.6 Å². The number of ether oxygens (including phenoxy) is 2. The molecule has 2 aliphatic rings. The number of carbonyl (C=O) groups is 2. The van der Waals surface area contributed by atoms with E-state index in [2.05, 4.69) is 22.5 Å². The van der Waals surface area contributed by atoms with E-state index in [-0.39, 0.29) is 23.6 Å². The fourth-order valence-corrected chi connectivity index (χ4v) is 7.64. The second-order valence-corrected chi connectivity index (χ2v) is 13.1. The van der Waals surface area contributed by atoms with Crippen molar-refractivity contribution in [2.24, 2.45) is 17.8 Å². The molecule has 46 heavy (non-hydrogen) atoms. The molecule has 2 saturated carbocycles. The molecular weight excluding hydrogens is 578 g/mol. The minimum atomic E-state index is -0.301. The van der Waals surface area contributed by atoms with Gasteiger partial charge in [-0.3, -0.25) is 9.59 Å². The topological polar surface area (TPSA) is 113 Å². The van der Waals surface area contributed by atoms with Gasteiger partial charge in [-0.25, -0.2) is 0 Å². The maximum absolute atomic E-state index is 13.5. The normalized spacial score (nSPS) is 21.7. The number of carbonyl (C=O) groups excluding carboxylic acids is 2. The molecule has 0 saturated heterocycles. The summed E-state index contributed by atoms with van der Waals surface area (Å²) in [6.45, 7) is 2.40. The van der Waals surface area contributed by atoms with Crippen molar-refractivity contribution in [3.63, 3.8) is 0 Å². The van der Waals surface area contributed by atoms with Crippen LogP contribution in [-0.2, 0) is 11.2 Å². The van der Waals surface area contributed by atoms with Crippen LogP contribution < -0.4 is 15.4 Å². The molecule has 242 valence electrons. The average molecular weight is 624 g/mol. The van der Waals surface area contributed by atoms with Crippen molar-refractivity contribution < 1.29 is 24.2 Å². The van der Waals surface area contributed by atoms with E-state index < -0.39 is 0 Å². The zero-order chi connectivity index (χ0) is 32.0. The monoisotopic (exact) mass is 623 g/mol. The average Bonchev–Trinajstić information content (AvgIpc) is 3.50. The van der Waals surface area contributed by atoms with E-state index >= 15 is 0 Å². The number of aromatic amines is 1. The lowest BCUT2D eigenvalue weighted by Gasteiger charge is -2.44. The number of amides is 2. The van der Waals surface area contributed by atoms with Crippen molar-refractivity contribution in [1.29, 1.82) is 0 Å². The van der Waals surface area contributed by atoms with Crippen molar-refractivity contribution in [3.8, 4) is 11.5 Å². The zero-order valence-corrected chi connectivity index (χ0v) is 26.8. The summed E-state index contributed by atoms with van der Waals surface area (Å²) >= 11 is 0. The van der Waals surface area contributed by atoms with Crippen LogP contribution in [0.1, 0.15) is 78.3 Å². The number of hydrogen-bond donors (Lipinski definition) is 4. The van der Waals surface area contributed by atoms with Gasteiger partial charge in [0.15, 0.2) is 0 Å². The molecule has 0 aliphatic heterocycles. The third-order valence-electron chi connectivity index (χ3n) is 9.94. The van der Waals surface area contributed by atoms with Crippen LogP contribution in [0.5, 0.6) is 11.5 Å². The Bertz CT molecular complexity index is 1630. The maximum atomic E-state index is 13.5. The van der Waals surface area contributed by atoms with Gasteiger partial charge < -0.3 is 30.2 Å². The first-order valence-electron chi connectivity index (χ1n) is 16.6. The molecule has 1 heterocycles. The van der Waals surface area contributed by atoms with Gasteiger partial charge in [0.2, 0.25) is 0 Å². The van der Waals surface area contributed by atoms with Crippen LogP contribution in [0.2, 0.25) is 0 Å². The minimum absolute atomic E-state index is 0.0351. The third kappa shape index (κ3) is 7.56. The summed E-state index contributed by atoms with van der Waals surface area (Å²) in [5, 5.41) is 17.0. The molecule has 4 N–H and O–H groups in total. The molecule has 1 aromatic heterocycles. The SMILES string of the molecule is COC1CCC2C(CC(C)NC(=O)c3ccc(NC(=O)c4cc5ccccc5[nH]4)c(OCCc4cccc(O)c4)c3)CCCC2C1. The van der Waals surface area contributed by atoms with Gasteiger partial charge in [-0.15, -0.1) is 0 Å². The molecule has 0 radical (unpaired) electrons. The molecule has 2 fully saturated rings. The predicted molar refractivity (Wildman–Crippen MR) is 181 cm³/mol. The number of para-hydroxylation sites is 1. The largest absolute Gasteiger partial charge is 0.508 e. The number of benzene rings is 3. The molecule has 5 unspecified atom stereocenters. The zero-order valence-electron chi connectivity index (χ0n) is 26.8. The van der Waals surface area contributed by atoms with E-state index in [1.807, 2.05) is 43.5 Å². The van der Waals surface area contributed by atoms with Crippen LogP contribution in [0, 0.1) is 17.8 Å². The van der Waals surface area contributed by atoms with E-state index in [1.165, 1.54) is 25.7 Å². The summed E-state index contributed by atoms with van der Waals surface area (Å²) < 4.78 is 11.9. The second kappa shape index (κ2) is 14.4. The van der Waals surface area contributed by atoms with E-state index in [4.69, 9.17) is 9.47 Å². The Morgan fingerprint density at radius 2 is 1.85 bits per heavy atom. The van der Waals surface area contributed by atoms with Gasteiger partial charge in [-0.05, 0) is 98.4 Å². The van der Waals surface area contributed by atoms with Crippen molar-refractivity contribution in [2.75, 3.05) is 19.0 Å². The Balaban J connectivity index is 1.14. The first-order valence-corrected chi connectivity index (χ1v) is 16.6. The number of nitrogens with one attached hydrogen (secondary N) is 3. The van der Waals surface area contributed by atoms with E-state index in [9.17, 15) is 14.7 Å². The molecule has 2 amide bonds. The number of anilines is 1. The highest BCUT2D eigenvalue weighted by Gasteiger charge is 2.38. The van der Waals surface area contributed by atoms with E-state index in [1.54, 1.807) is 36.4 Å². The smallest absolute Gasteiger partial charge is 0.272 e. The van der Waals surface area contributed by atoms with Gasteiger partial charge in [0, 0.05) is 36.0 Å². The van der Waals surface area contributed by atoms with Gasteiger partial charge in [0.25, 0.3) is 11.8 Å². The number of aromatic hydroxyl groups is 1. The summed E-state index contributed by atoms with van der Waals surface area (Å²) in [5.74, 6) is 2.21. The molecular formula is C38H45N3O5. The van der Waals surface area contributed by atoms with Crippen molar-refractivity contribution in [1.82, 2.24) is 10.3 Å². The number of methoxy groups -OCH3 is 1. The van der Waals surface area contributed by atoms with Gasteiger partial charge in [0.1, 0.15) is 17.2 Å². The van der Waals surface area contributed by atoms with Gasteiger partial charge in [-0.1, -0.05) is 49.6 Å². The summed E-state index contributed by atoms with van der Waals surface area (Å²) in [5.41, 5.74) is 3.19. The molecule has 8 heteroatoms. The fourth-order valence-electron chi connectivity index (χ4n) is 7.64. The number of phenols is 1. The van der Waals surface area contributed by atoms with Gasteiger partial charge >= 0.3 is 0 Å². The quantitative estimate of drug-likeness (QED) is 0.138. The number of H-pyrrole nitrogens is 1. The lowest BCUT2D eigenvalue weighted by atomic mass is 9.63. The van der Waals surface area contributed by atoms with Crippen LogP contribution in [0.15, 0.2) is 72.8 Å². The van der Waals surface area contributed by atoms with Crippen LogP contribution >= 0.6 is 0 Å². The highest BCUT2D eigenvalue weighted by molar-refractivity contribution is 6.07. The summed E-state index contributed by atoms with van der Waals surface area (Å²) in [7, 11) is 1.83. The Kier molecular flexibility index (Phi) is 9.93. The number of rotatable bonds is 11. The molecule has 0 bridgehead atoms. The summed E-state index contributed by atoms with van der Waals surface area (Å²) in [6.07, 6.45) is 9.18. The number of hydrogen-bond acceptors (Lipinski definition) is 5. The van der Waals surface area contributed by atoms with Crippen LogP contribution in [0.3, 0.4) is 0 Å². The standard InChI is InChI=1S/C38H45N3O5/c1-24(19-26-9-6-10-27-21-31(45-2)14-15-32(26)27)39-37(43)29-13-16-34(36(23-29)46-18-17-25-7-5-11-30(42)20-25)41-38(44)35-22-28-8-3-4-12-33(28)40-35/h3-5,7-8,11-13,16,20,22-24,26-27,31-32,40,42H,6,9-10,14-15,17-19,21H2,1-2H3,(H,39,43)(H,41,44). The molecule has 0 spiro atoms. The molecule has 8 nitrogen and oxygen atoms in total. The van der Waals surface area contributed by atoms with E-state index in [0.717, 1.165) is 41.6 Å². The summed E-state index contributed by atoms with van der Waals surface area (Å²) in [4.78, 5) is 29.9. The van der Waals surface area contributed by atoms with Crippen LogP contribution in [0.25, 0.3) is 10.9 Å². The Morgan fingerprint density at radius 3 is 2.67 bits per heavy atom. The number of aromatic nitrogens is 1. The molecule has 6 rings (SSSR count). The van der Waals surface area contributed by atoms with Gasteiger partial charge in [0.05, 0.1) is 18.4 Å². The number of fused-ring (bicyclic) bond motifs is 2. The molecule has 3 aromatic carbocycles. The lowest BCUT2D eigenvalue weighted by Crippen LogP contribution is -2.40. The van der Waals surface area contributed by atoms with Gasteiger partial charge in [-0.2, -0.15) is 0 Å². The van der Waals surface area contributed by atoms with Crippen LogP contribution in [-0.4, -0.2) is 47.8 Å². The van der Waals surface area contributed by atoms with Crippen molar-refractivity contribution in [2.45, 2.75) is 70.4 Å². The van der Waals surface area contributed by atoms with E-state index in [0.29, 0.717) is 53.7 Å². The Labute approximate surface area is 270 Å². The minimum Gasteiger partial charge on any atom is -0.508 e. The first kappa shape index (κ1) is 31.7. The predicted octanol–water partition coefficient (Wildman–Crippen LogP) is 7.49. The molecule has 5 atom stereocenters. The van der Waals surface area contributed by atoms with Crippen molar-refractivity contribution >= 4 is 28.4 Å². The third-order valence-corrected chi connectivity index (χ3v) is 9.94. The first-order chi connectivity index (χ1) is 22.4. The highest BCUT2D eigenvalue weighted by atomic mass is 16.5. The number of phenolic OH excluding ortho intramolecular Hbond substituents is 1. The maximum Gasteiger partial charge on any atom is 0.272 e. The Morgan fingerprint density at radius 1 is 0.978 bits per heavy atom. The lowest BCUT2D eigenvalue weighted by molar-refractivity contribution is -0.00680. The second-order valence-electron chi connectivity index (χ2n) is 13.1. The summed E-state index contributed by atoms with van der Waals surface area (Å²) in [6, 6.07) is 21.8. The fraction of sp³-hybridized carbons (Fsp3) is 0.421. The van der Waals surface area contributed by atoms with Crippen LogP contribution in [0.4, 0.5) is 5.69 Å².